The molecule has 190 valence electrons. The highest BCUT2D eigenvalue weighted by Crippen LogP contribution is 2.50. The van der Waals surface area contributed by atoms with Crippen molar-refractivity contribution in [3.05, 3.63) is 73.2 Å². The number of rotatable bonds is 0. The van der Waals surface area contributed by atoms with Crippen LogP contribution >= 0.6 is 0 Å². The molecule has 0 spiro atoms. The molecule has 0 amide bonds. The SMILES string of the molecule is N#CC1=C(C(F)(F)F)C=C2C(=c3cc(C#N)c(C(F)(F)F)c4c5c(c(C#N)c2c34)C(F)C(F)=C(F)C=5F)C1. The van der Waals surface area contributed by atoms with Gasteiger partial charge in [0.2, 0.25) is 0 Å². The first-order valence-corrected chi connectivity index (χ1v) is 10.3. The average molecular weight is 537 g/mol. The lowest BCUT2D eigenvalue weighted by Gasteiger charge is -2.23. The molecule has 0 saturated heterocycles. The minimum absolute atomic E-state index is 0.233. The van der Waals surface area contributed by atoms with Crippen molar-refractivity contribution in [1.29, 1.82) is 15.8 Å². The Balaban J connectivity index is 2.19. The van der Waals surface area contributed by atoms with E-state index in [-0.39, 0.29) is 10.8 Å². The van der Waals surface area contributed by atoms with Gasteiger partial charge in [0.25, 0.3) is 0 Å². The summed E-state index contributed by atoms with van der Waals surface area (Å²) < 4.78 is 143. The summed E-state index contributed by atoms with van der Waals surface area (Å²) in [5.41, 5.74) is -9.24. The smallest absolute Gasteiger partial charge is 0.234 e. The normalized spacial score (nSPS) is 18.7. The molecule has 0 aliphatic heterocycles. The Morgan fingerprint density at radius 1 is 0.842 bits per heavy atom. The molecule has 3 aliphatic rings. The van der Waals surface area contributed by atoms with E-state index in [1.807, 2.05) is 0 Å². The van der Waals surface area contributed by atoms with Crippen molar-refractivity contribution < 1.29 is 43.9 Å². The molecule has 1 atom stereocenters. The first-order chi connectivity index (χ1) is 17.7. The highest BCUT2D eigenvalue weighted by molar-refractivity contribution is 6.18. The number of halogens is 10. The Kier molecular flexibility index (Phi) is 5.10. The van der Waals surface area contributed by atoms with Crippen LogP contribution in [0.2, 0.25) is 0 Å². The Morgan fingerprint density at radius 2 is 1.50 bits per heavy atom. The maximum atomic E-state index is 15.1. The molecule has 3 aliphatic carbocycles. The highest BCUT2D eigenvalue weighted by atomic mass is 19.4. The summed E-state index contributed by atoms with van der Waals surface area (Å²) in [4.78, 5) is 0. The van der Waals surface area contributed by atoms with Crippen LogP contribution in [-0.4, -0.2) is 6.18 Å². The Morgan fingerprint density at radius 3 is 2.03 bits per heavy atom. The van der Waals surface area contributed by atoms with Crippen molar-refractivity contribution in [3.8, 4) is 18.2 Å². The fourth-order valence-corrected chi connectivity index (χ4v) is 5.15. The number of benzene rings is 2. The van der Waals surface area contributed by atoms with E-state index < -0.39 is 103 Å². The van der Waals surface area contributed by atoms with Crippen LogP contribution in [-0.2, 0) is 6.18 Å². The third-order valence-corrected chi connectivity index (χ3v) is 6.56. The fourth-order valence-electron chi connectivity index (χ4n) is 5.15. The Hall–Kier alpha value is -4.57. The molecule has 0 saturated carbocycles. The van der Waals surface area contributed by atoms with Gasteiger partial charge in [0.05, 0.1) is 34.4 Å². The molecule has 0 radical (unpaired) electrons. The predicted molar refractivity (Wildman–Crippen MR) is 110 cm³/mol. The van der Waals surface area contributed by atoms with Crippen LogP contribution in [0, 0.1) is 34.0 Å². The van der Waals surface area contributed by atoms with E-state index in [1.165, 1.54) is 18.2 Å². The van der Waals surface area contributed by atoms with Crippen LogP contribution in [0.15, 0.2) is 34.9 Å². The van der Waals surface area contributed by atoms with Gasteiger partial charge in [0.15, 0.2) is 23.7 Å². The molecule has 0 N–H and O–H groups in total. The lowest BCUT2D eigenvalue weighted by atomic mass is 9.82. The molecule has 0 fully saturated rings. The van der Waals surface area contributed by atoms with Gasteiger partial charge in [-0.05, 0) is 33.9 Å². The van der Waals surface area contributed by atoms with Crippen LogP contribution in [0.1, 0.15) is 40.4 Å². The van der Waals surface area contributed by atoms with E-state index in [0.29, 0.717) is 12.1 Å². The number of hydrogen-bond acceptors (Lipinski definition) is 3. The van der Waals surface area contributed by atoms with Crippen LogP contribution in [0.25, 0.3) is 27.7 Å². The summed E-state index contributed by atoms with van der Waals surface area (Å²) in [5.74, 6) is -7.12. The molecule has 3 nitrogen and oxygen atoms in total. The predicted octanol–water partition coefficient (Wildman–Crippen LogP) is 6.19. The van der Waals surface area contributed by atoms with Crippen molar-refractivity contribution >= 4 is 27.7 Å². The number of nitriles is 3. The summed E-state index contributed by atoms with van der Waals surface area (Å²) in [7, 11) is 0. The van der Waals surface area contributed by atoms with Crippen LogP contribution in [0.3, 0.4) is 0 Å². The van der Waals surface area contributed by atoms with Gasteiger partial charge in [0.1, 0.15) is 6.07 Å². The molecule has 5 rings (SSSR count). The zero-order chi connectivity index (χ0) is 28.1. The maximum Gasteiger partial charge on any atom is 0.418 e. The lowest BCUT2D eigenvalue weighted by molar-refractivity contribution is -0.136. The quantitative estimate of drug-likeness (QED) is 0.377. The van der Waals surface area contributed by atoms with Gasteiger partial charge in [0, 0.05) is 33.7 Å². The van der Waals surface area contributed by atoms with Crippen LogP contribution in [0.4, 0.5) is 43.9 Å². The molecule has 1 unspecified atom stereocenters. The third kappa shape index (κ3) is 3.07. The molecule has 0 aromatic heterocycles. The topological polar surface area (TPSA) is 71.4 Å². The summed E-state index contributed by atoms with van der Waals surface area (Å²) >= 11 is 0. The number of fused-ring (bicyclic) bond motifs is 4. The summed E-state index contributed by atoms with van der Waals surface area (Å²) in [6, 6.07) is 4.64. The zero-order valence-corrected chi connectivity index (χ0v) is 18.1. The molecule has 0 heterocycles. The van der Waals surface area contributed by atoms with Gasteiger partial charge in [-0.15, -0.1) is 0 Å². The maximum absolute atomic E-state index is 15.1. The Bertz CT molecular complexity index is 1880. The fraction of sp³-hybridized carbons (Fsp3) is 0.160. The first-order valence-electron chi connectivity index (χ1n) is 10.3. The number of nitrogens with zero attached hydrogens (tertiary/aromatic N) is 3. The molecule has 0 bridgehead atoms. The lowest BCUT2D eigenvalue weighted by Crippen LogP contribution is -2.28. The number of hydrogen-bond donors (Lipinski definition) is 0. The van der Waals surface area contributed by atoms with Crippen molar-refractivity contribution in [2.75, 3.05) is 0 Å². The standard InChI is InChI=1S/C25H5F10N3/c26-20-16-12(6-38)14-11-3-13(24(30,31)32)7(4-36)1-9(11)10-2-8(5-37)19(25(33,34)35)17(15(10)14)18(16)21(27)23(29)22(20)28/h2-3,20H,1H2. The number of allylic oxidation sites excluding steroid dienone is 6. The van der Waals surface area contributed by atoms with E-state index in [1.54, 1.807) is 0 Å². The van der Waals surface area contributed by atoms with E-state index in [0.717, 1.165) is 0 Å². The largest absolute Gasteiger partial charge is 0.418 e. The van der Waals surface area contributed by atoms with Crippen molar-refractivity contribution in [3.63, 3.8) is 0 Å². The summed E-state index contributed by atoms with van der Waals surface area (Å²) in [6.45, 7) is 0. The third-order valence-electron chi connectivity index (χ3n) is 6.56. The second-order valence-corrected chi connectivity index (χ2v) is 8.41. The van der Waals surface area contributed by atoms with Gasteiger partial charge in [-0.2, -0.15) is 42.1 Å². The zero-order valence-electron chi connectivity index (χ0n) is 18.1. The first kappa shape index (κ1) is 25.1. The van der Waals surface area contributed by atoms with Gasteiger partial charge in [-0.1, -0.05) is 0 Å². The van der Waals surface area contributed by atoms with Gasteiger partial charge in [-0.3, -0.25) is 0 Å². The molecule has 2 aromatic carbocycles. The molecule has 38 heavy (non-hydrogen) atoms. The minimum Gasteiger partial charge on any atom is -0.234 e. The Labute approximate surface area is 204 Å². The average Bonchev–Trinajstić information content (AvgIpc) is 3.17. The minimum atomic E-state index is -5.47. The van der Waals surface area contributed by atoms with E-state index >= 15 is 8.78 Å². The molecular weight excluding hydrogens is 532 g/mol. The molecule has 13 heteroatoms. The van der Waals surface area contributed by atoms with E-state index in [9.17, 15) is 50.9 Å². The van der Waals surface area contributed by atoms with Gasteiger partial charge >= 0.3 is 12.4 Å². The van der Waals surface area contributed by atoms with Crippen molar-refractivity contribution in [2.24, 2.45) is 0 Å². The van der Waals surface area contributed by atoms with Crippen molar-refractivity contribution in [1.82, 2.24) is 0 Å². The monoisotopic (exact) mass is 537 g/mol. The van der Waals surface area contributed by atoms with Gasteiger partial charge < -0.3 is 0 Å². The second-order valence-electron chi connectivity index (χ2n) is 8.41. The second kappa shape index (κ2) is 7.72. The number of alkyl halides is 7. The molecular formula is C25H5F10N3. The summed E-state index contributed by atoms with van der Waals surface area (Å²) in [6.07, 6.45) is -14.3. The highest BCUT2D eigenvalue weighted by Gasteiger charge is 2.45. The van der Waals surface area contributed by atoms with E-state index in [4.69, 9.17) is 0 Å². The van der Waals surface area contributed by atoms with Crippen LogP contribution in [0.5, 0.6) is 0 Å². The summed E-state index contributed by atoms with van der Waals surface area (Å²) in [5, 5.41) is 24.8. The van der Waals surface area contributed by atoms with Gasteiger partial charge in [-0.25, -0.2) is 17.6 Å². The van der Waals surface area contributed by atoms with E-state index in [2.05, 4.69) is 0 Å². The molecule has 2 aromatic rings. The van der Waals surface area contributed by atoms with Crippen LogP contribution < -0.4 is 10.4 Å². The van der Waals surface area contributed by atoms with Crippen molar-refractivity contribution in [2.45, 2.75) is 24.9 Å².